The van der Waals surface area contributed by atoms with Gasteiger partial charge < -0.3 is 15.0 Å². The minimum absolute atomic E-state index is 0.0663. The molecule has 1 aromatic heterocycles. The lowest BCUT2D eigenvalue weighted by Gasteiger charge is -2.14. The molecule has 6 nitrogen and oxygen atoms in total. The third kappa shape index (κ3) is 3.58. The van der Waals surface area contributed by atoms with Gasteiger partial charge in [-0.2, -0.15) is 0 Å². The smallest absolute Gasteiger partial charge is 0.351 e. The van der Waals surface area contributed by atoms with E-state index in [2.05, 4.69) is 15.0 Å². The molecule has 0 saturated carbocycles. The summed E-state index contributed by atoms with van der Waals surface area (Å²) in [6.07, 6.45) is 0. The van der Waals surface area contributed by atoms with Crippen LogP contribution in [0.15, 0.2) is 0 Å². The Bertz CT molecular complexity index is 450. The number of esters is 1. The number of carbonyl (C=O) groups is 2. The predicted molar refractivity (Wildman–Crippen MR) is 70.3 cm³/mol. The Hall–Kier alpha value is -1.34. The van der Waals surface area contributed by atoms with E-state index in [0.29, 0.717) is 11.7 Å². The van der Waals surface area contributed by atoms with Crippen LogP contribution >= 0.6 is 22.9 Å². The topological polar surface area (TPSA) is 71.5 Å². The Kier molecular flexibility index (Phi) is 5.36. The molecule has 1 amide bonds. The van der Waals surface area contributed by atoms with Gasteiger partial charge in [0.25, 0.3) is 0 Å². The van der Waals surface area contributed by atoms with Gasteiger partial charge in [-0.15, -0.1) is 0 Å². The second-order valence-corrected chi connectivity index (χ2v) is 4.75. The summed E-state index contributed by atoms with van der Waals surface area (Å²) in [6, 6.07) is 0. The van der Waals surface area contributed by atoms with E-state index < -0.39 is 5.97 Å². The summed E-state index contributed by atoms with van der Waals surface area (Å²) in [5.41, 5.74) is 0. The van der Waals surface area contributed by atoms with Crippen molar-refractivity contribution in [2.75, 3.05) is 32.6 Å². The van der Waals surface area contributed by atoms with Crippen LogP contribution < -0.4 is 5.32 Å². The Labute approximate surface area is 114 Å². The number of anilines is 1. The summed E-state index contributed by atoms with van der Waals surface area (Å²) >= 11 is 6.84. The highest BCUT2D eigenvalue weighted by molar-refractivity contribution is 7.18. The Morgan fingerprint density at radius 1 is 1.56 bits per heavy atom. The number of likely N-dealkylation sites (N-methyl/N-ethyl adjacent to an activating group) is 1. The lowest BCUT2D eigenvalue weighted by molar-refractivity contribution is -0.127. The molecule has 1 rings (SSSR count). The van der Waals surface area contributed by atoms with Crippen molar-refractivity contribution in [3.05, 3.63) is 10.0 Å². The quantitative estimate of drug-likeness (QED) is 0.832. The van der Waals surface area contributed by atoms with Crippen LogP contribution in [-0.2, 0) is 9.53 Å². The molecule has 1 N–H and O–H groups in total. The number of aromatic nitrogens is 1. The fourth-order valence-electron chi connectivity index (χ4n) is 1.06. The monoisotopic (exact) mass is 291 g/mol. The lowest BCUT2D eigenvalue weighted by Crippen LogP contribution is -2.31. The van der Waals surface area contributed by atoms with E-state index in [-0.39, 0.29) is 22.5 Å². The van der Waals surface area contributed by atoms with E-state index in [1.54, 1.807) is 11.9 Å². The molecule has 100 valence electrons. The average molecular weight is 292 g/mol. The predicted octanol–water partition coefficient (Wildman–Crippen LogP) is 1.47. The first kappa shape index (κ1) is 14.7. The van der Waals surface area contributed by atoms with E-state index in [1.165, 1.54) is 7.11 Å². The van der Waals surface area contributed by atoms with Gasteiger partial charge in [-0.3, -0.25) is 4.79 Å². The number of hydrogen-bond donors (Lipinski definition) is 1. The molecule has 0 aliphatic heterocycles. The van der Waals surface area contributed by atoms with Crippen molar-refractivity contribution >= 4 is 39.9 Å². The largest absolute Gasteiger partial charge is 0.465 e. The number of methoxy groups -OCH3 is 1. The van der Waals surface area contributed by atoms with Gasteiger partial charge in [-0.05, 0) is 6.92 Å². The molecule has 0 atom stereocenters. The van der Waals surface area contributed by atoms with E-state index >= 15 is 0 Å². The number of nitrogens with one attached hydrogen (secondary N) is 1. The minimum atomic E-state index is -0.539. The van der Waals surface area contributed by atoms with Gasteiger partial charge >= 0.3 is 5.97 Å². The molecule has 18 heavy (non-hydrogen) atoms. The van der Waals surface area contributed by atoms with Crippen molar-refractivity contribution in [1.29, 1.82) is 0 Å². The van der Waals surface area contributed by atoms with Gasteiger partial charge in [0.1, 0.15) is 0 Å². The van der Waals surface area contributed by atoms with Crippen molar-refractivity contribution in [2.24, 2.45) is 0 Å². The molecule has 0 unspecified atom stereocenters. The van der Waals surface area contributed by atoms with Crippen molar-refractivity contribution in [1.82, 2.24) is 9.88 Å². The van der Waals surface area contributed by atoms with Crippen LogP contribution in [0.5, 0.6) is 0 Å². The zero-order chi connectivity index (χ0) is 13.7. The number of ether oxygens (including phenoxy) is 1. The van der Waals surface area contributed by atoms with Crippen LogP contribution in [0.4, 0.5) is 5.13 Å². The molecule has 0 radical (unpaired) electrons. The Morgan fingerprint density at radius 3 is 2.78 bits per heavy atom. The number of nitrogens with zero attached hydrogens (tertiary/aromatic N) is 2. The van der Waals surface area contributed by atoms with Crippen molar-refractivity contribution in [3.63, 3.8) is 0 Å². The second-order valence-electron chi connectivity index (χ2n) is 3.39. The van der Waals surface area contributed by atoms with Gasteiger partial charge in [0.15, 0.2) is 15.2 Å². The first-order valence-electron chi connectivity index (χ1n) is 5.22. The molecule has 8 heteroatoms. The molecule has 0 aliphatic carbocycles. The molecular formula is C10H14ClN3O3S. The maximum Gasteiger partial charge on any atom is 0.351 e. The van der Waals surface area contributed by atoms with Crippen molar-refractivity contribution in [2.45, 2.75) is 6.92 Å². The number of hydrogen-bond acceptors (Lipinski definition) is 6. The molecule has 1 heterocycles. The molecule has 0 aromatic carbocycles. The van der Waals surface area contributed by atoms with Gasteiger partial charge in [0, 0.05) is 13.6 Å². The van der Waals surface area contributed by atoms with Crippen LogP contribution in [0.1, 0.15) is 16.6 Å². The van der Waals surface area contributed by atoms with Crippen LogP contribution in [0, 0.1) is 0 Å². The zero-order valence-corrected chi connectivity index (χ0v) is 11.9. The number of carbonyl (C=O) groups excluding carboxylic acids is 2. The normalized spacial score (nSPS) is 10.0. The van der Waals surface area contributed by atoms with Gasteiger partial charge in [-0.1, -0.05) is 22.9 Å². The highest BCUT2D eigenvalue weighted by atomic mass is 35.5. The molecule has 1 aromatic rings. The third-order valence-electron chi connectivity index (χ3n) is 2.25. The maximum absolute atomic E-state index is 11.5. The number of thiazole rings is 1. The molecule has 0 fully saturated rings. The van der Waals surface area contributed by atoms with Gasteiger partial charge in [0.05, 0.1) is 13.7 Å². The summed E-state index contributed by atoms with van der Waals surface area (Å²) < 4.78 is 4.56. The van der Waals surface area contributed by atoms with Crippen LogP contribution in [0.3, 0.4) is 0 Å². The van der Waals surface area contributed by atoms with E-state index in [1.807, 2.05) is 6.92 Å². The molecule has 0 bridgehead atoms. The maximum atomic E-state index is 11.5. The fourth-order valence-corrected chi connectivity index (χ4v) is 2.16. The highest BCUT2D eigenvalue weighted by Gasteiger charge is 2.17. The summed E-state index contributed by atoms with van der Waals surface area (Å²) in [7, 11) is 2.98. The minimum Gasteiger partial charge on any atom is -0.465 e. The Morgan fingerprint density at radius 2 is 2.22 bits per heavy atom. The number of amides is 1. The lowest BCUT2D eigenvalue weighted by atomic mass is 10.5. The van der Waals surface area contributed by atoms with Crippen LogP contribution in [0.25, 0.3) is 0 Å². The zero-order valence-electron chi connectivity index (χ0n) is 10.3. The van der Waals surface area contributed by atoms with Crippen LogP contribution in [0.2, 0.25) is 5.15 Å². The SMILES string of the molecule is CCN(C)C(=O)CNc1nc(Cl)c(C(=O)OC)s1. The van der Waals surface area contributed by atoms with Crippen LogP contribution in [-0.4, -0.2) is 49.0 Å². The summed E-state index contributed by atoms with van der Waals surface area (Å²) in [4.78, 5) is 28.6. The average Bonchev–Trinajstić information content (AvgIpc) is 2.75. The highest BCUT2D eigenvalue weighted by Crippen LogP contribution is 2.27. The summed E-state index contributed by atoms with van der Waals surface area (Å²) in [5.74, 6) is -0.606. The van der Waals surface area contributed by atoms with E-state index in [4.69, 9.17) is 11.6 Å². The van der Waals surface area contributed by atoms with E-state index in [9.17, 15) is 9.59 Å². The standard InChI is InChI=1S/C10H14ClN3O3S/c1-4-14(2)6(15)5-12-10-13-8(11)7(18-10)9(16)17-3/h4-5H2,1-3H3,(H,12,13). The number of halogens is 1. The fraction of sp³-hybridized carbons (Fsp3) is 0.500. The third-order valence-corrected chi connectivity index (χ3v) is 3.63. The van der Waals surface area contributed by atoms with Gasteiger partial charge in [0.2, 0.25) is 5.91 Å². The molecular weight excluding hydrogens is 278 g/mol. The summed E-state index contributed by atoms with van der Waals surface area (Å²) in [5, 5.41) is 3.31. The first-order chi connectivity index (χ1) is 8.49. The summed E-state index contributed by atoms with van der Waals surface area (Å²) in [6.45, 7) is 2.62. The van der Waals surface area contributed by atoms with Crippen molar-refractivity contribution < 1.29 is 14.3 Å². The first-order valence-corrected chi connectivity index (χ1v) is 6.41. The van der Waals surface area contributed by atoms with Gasteiger partial charge in [-0.25, -0.2) is 9.78 Å². The molecule has 0 spiro atoms. The van der Waals surface area contributed by atoms with Crippen molar-refractivity contribution in [3.8, 4) is 0 Å². The Balaban J connectivity index is 2.64. The molecule has 0 aliphatic rings. The number of rotatable bonds is 5. The molecule has 0 saturated heterocycles. The second kappa shape index (κ2) is 6.55. The van der Waals surface area contributed by atoms with E-state index in [0.717, 1.165) is 11.3 Å².